The van der Waals surface area contributed by atoms with E-state index in [1.165, 1.54) is 0 Å². The molecule has 0 aromatic heterocycles. The number of carbonyl (C=O) groups is 1. The molecule has 0 aliphatic rings. The fourth-order valence-electron chi connectivity index (χ4n) is 3.19. The van der Waals surface area contributed by atoms with E-state index in [9.17, 15) is 4.79 Å². The molecule has 4 heteroatoms. The molecule has 0 aliphatic heterocycles. The molecule has 0 aliphatic carbocycles. The number of hydrogen-bond acceptors (Lipinski definition) is 4. The van der Waals surface area contributed by atoms with Gasteiger partial charge in [0.1, 0.15) is 17.2 Å². The maximum atomic E-state index is 12.6. The van der Waals surface area contributed by atoms with Crippen LogP contribution in [0.4, 0.5) is 0 Å². The summed E-state index contributed by atoms with van der Waals surface area (Å²) in [6, 6.07) is 11.2. The topological polar surface area (TPSA) is 44.8 Å². The molecular formula is C26H34O4. The smallest absolute Gasteiger partial charge is 0.185 e. The van der Waals surface area contributed by atoms with Gasteiger partial charge in [-0.1, -0.05) is 33.8 Å². The summed E-state index contributed by atoms with van der Waals surface area (Å²) in [7, 11) is 0. The Bertz CT molecular complexity index is 831. The van der Waals surface area contributed by atoms with Crippen molar-refractivity contribution in [2.24, 2.45) is 0 Å². The number of ketones is 1. The number of rotatable bonds is 10. The molecule has 0 saturated carbocycles. The third kappa shape index (κ3) is 6.38. The van der Waals surface area contributed by atoms with Gasteiger partial charge in [0.25, 0.3) is 0 Å². The minimum Gasteiger partial charge on any atom is -0.494 e. The number of benzene rings is 2. The molecule has 0 spiro atoms. The molecule has 0 saturated heterocycles. The Kier molecular flexibility index (Phi) is 8.52. The molecule has 0 fully saturated rings. The van der Waals surface area contributed by atoms with Crippen LogP contribution in [0.1, 0.15) is 69.4 Å². The largest absolute Gasteiger partial charge is 0.494 e. The summed E-state index contributed by atoms with van der Waals surface area (Å²) in [5.41, 5.74) is 2.40. The zero-order valence-electron chi connectivity index (χ0n) is 19.1. The van der Waals surface area contributed by atoms with Crippen molar-refractivity contribution in [1.29, 1.82) is 0 Å². The van der Waals surface area contributed by atoms with Crippen LogP contribution in [0.2, 0.25) is 0 Å². The molecule has 0 bridgehead atoms. The van der Waals surface area contributed by atoms with Crippen molar-refractivity contribution in [2.45, 2.75) is 53.4 Å². The molecule has 30 heavy (non-hydrogen) atoms. The minimum atomic E-state index is -0.130. The van der Waals surface area contributed by atoms with E-state index in [0.29, 0.717) is 25.4 Å². The summed E-state index contributed by atoms with van der Waals surface area (Å²) in [6.45, 7) is 14.2. The van der Waals surface area contributed by atoms with Gasteiger partial charge in [0.15, 0.2) is 5.78 Å². The van der Waals surface area contributed by atoms with Gasteiger partial charge >= 0.3 is 0 Å². The molecule has 2 aromatic carbocycles. The van der Waals surface area contributed by atoms with Crippen molar-refractivity contribution in [3.63, 3.8) is 0 Å². The summed E-state index contributed by atoms with van der Waals surface area (Å²) in [5.74, 6) is 2.30. The average molecular weight is 411 g/mol. The highest BCUT2D eigenvalue weighted by atomic mass is 16.5. The lowest BCUT2D eigenvalue weighted by Crippen LogP contribution is -2.16. The van der Waals surface area contributed by atoms with Gasteiger partial charge in [-0.3, -0.25) is 4.79 Å². The van der Waals surface area contributed by atoms with Crippen molar-refractivity contribution < 1.29 is 19.0 Å². The Labute approximate surface area is 180 Å². The van der Waals surface area contributed by atoms with E-state index in [2.05, 4.69) is 27.7 Å². The molecule has 2 aromatic rings. The Balaban J connectivity index is 2.30. The Hall–Kier alpha value is -2.75. The maximum absolute atomic E-state index is 12.6. The standard InChI is InChI=1S/C26H34O4/c1-7-16-30-21-13-11-20(12-14-21)22(27)15-10-19-17-23(28-8-2)25(26(4,5)6)24(18-19)29-9-3/h10-15,17-18H,7-9,16H2,1-6H3/b15-10+. The van der Waals surface area contributed by atoms with Crippen LogP contribution in [0, 0.1) is 0 Å². The van der Waals surface area contributed by atoms with Crippen molar-refractivity contribution >= 4 is 11.9 Å². The first-order chi connectivity index (χ1) is 14.3. The zero-order valence-corrected chi connectivity index (χ0v) is 19.1. The lowest BCUT2D eigenvalue weighted by atomic mass is 9.84. The van der Waals surface area contributed by atoms with Crippen LogP contribution >= 0.6 is 0 Å². The summed E-state index contributed by atoms with van der Waals surface area (Å²) in [4.78, 5) is 12.6. The molecule has 0 atom stereocenters. The van der Waals surface area contributed by atoms with Crippen LogP contribution in [0.5, 0.6) is 17.2 Å². The van der Waals surface area contributed by atoms with Gasteiger partial charge in [0.05, 0.1) is 19.8 Å². The van der Waals surface area contributed by atoms with Crippen molar-refractivity contribution in [1.82, 2.24) is 0 Å². The molecule has 0 amide bonds. The quantitative estimate of drug-likeness (QED) is 0.333. The van der Waals surface area contributed by atoms with E-state index in [1.807, 2.05) is 38.1 Å². The highest BCUT2D eigenvalue weighted by molar-refractivity contribution is 6.06. The highest BCUT2D eigenvalue weighted by Gasteiger charge is 2.25. The second-order valence-electron chi connectivity index (χ2n) is 8.08. The average Bonchev–Trinajstić information content (AvgIpc) is 2.70. The molecule has 0 heterocycles. The first kappa shape index (κ1) is 23.5. The van der Waals surface area contributed by atoms with Crippen LogP contribution in [0.3, 0.4) is 0 Å². The van der Waals surface area contributed by atoms with Gasteiger partial charge in [0, 0.05) is 11.1 Å². The first-order valence-electron chi connectivity index (χ1n) is 10.7. The fourth-order valence-corrected chi connectivity index (χ4v) is 3.19. The fraction of sp³-hybridized carbons (Fsp3) is 0.423. The molecule has 0 unspecified atom stereocenters. The van der Waals surface area contributed by atoms with E-state index in [-0.39, 0.29) is 11.2 Å². The molecule has 2 rings (SSSR count). The number of carbonyl (C=O) groups excluding carboxylic acids is 1. The van der Waals surface area contributed by atoms with Gasteiger partial charge in [0.2, 0.25) is 0 Å². The van der Waals surface area contributed by atoms with Crippen LogP contribution < -0.4 is 14.2 Å². The second kappa shape index (κ2) is 10.9. The number of ether oxygens (including phenoxy) is 3. The second-order valence-corrected chi connectivity index (χ2v) is 8.08. The molecule has 0 N–H and O–H groups in total. The SMILES string of the molecule is CCCOc1ccc(C(=O)/C=C/c2cc(OCC)c(C(C)(C)C)c(OCC)c2)cc1. The van der Waals surface area contributed by atoms with Gasteiger partial charge in [-0.15, -0.1) is 0 Å². The summed E-state index contributed by atoms with van der Waals surface area (Å²) in [6.07, 6.45) is 4.34. The van der Waals surface area contributed by atoms with E-state index < -0.39 is 0 Å². The lowest BCUT2D eigenvalue weighted by molar-refractivity contribution is 0.104. The zero-order chi connectivity index (χ0) is 22.1. The molecule has 162 valence electrons. The van der Waals surface area contributed by atoms with Gasteiger partial charge in [-0.05, 0) is 73.7 Å². The molecular weight excluding hydrogens is 376 g/mol. The number of hydrogen-bond donors (Lipinski definition) is 0. The van der Waals surface area contributed by atoms with Crippen LogP contribution in [0.15, 0.2) is 42.5 Å². The predicted molar refractivity (Wildman–Crippen MR) is 123 cm³/mol. The van der Waals surface area contributed by atoms with Crippen LogP contribution in [-0.2, 0) is 5.41 Å². The third-order valence-electron chi connectivity index (χ3n) is 4.48. The lowest BCUT2D eigenvalue weighted by Gasteiger charge is -2.26. The predicted octanol–water partition coefficient (Wildman–Crippen LogP) is 6.47. The van der Waals surface area contributed by atoms with E-state index in [1.54, 1.807) is 24.3 Å². The van der Waals surface area contributed by atoms with E-state index >= 15 is 0 Å². The van der Waals surface area contributed by atoms with Gasteiger partial charge < -0.3 is 14.2 Å². The monoisotopic (exact) mass is 410 g/mol. The van der Waals surface area contributed by atoms with Crippen LogP contribution in [0.25, 0.3) is 6.08 Å². The summed E-state index contributed by atoms with van der Waals surface area (Å²) >= 11 is 0. The van der Waals surface area contributed by atoms with Gasteiger partial charge in [-0.25, -0.2) is 0 Å². The Morgan fingerprint density at radius 1 is 0.900 bits per heavy atom. The van der Waals surface area contributed by atoms with Crippen molar-refractivity contribution in [2.75, 3.05) is 19.8 Å². The van der Waals surface area contributed by atoms with Crippen molar-refractivity contribution in [3.05, 3.63) is 59.2 Å². The highest BCUT2D eigenvalue weighted by Crippen LogP contribution is 2.40. The van der Waals surface area contributed by atoms with Crippen LogP contribution in [-0.4, -0.2) is 25.6 Å². The normalized spacial score (nSPS) is 11.5. The Morgan fingerprint density at radius 3 is 1.93 bits per heavy atom. The van der Waals surface area contributed by atoms with Crippen molar-refractivity contribution in [3.8, 4) is 17.2 Å². The van der Waals surface area contributed by atoms with E-state index in [4.69, 9.17) is 14.2 Å². The maximum Gasteiger partial charge on any atom is 0.185 e. The summed E-state index contributed by atoms with van der Waals surface area (Å²) in [5, 5.41) is 0. The minimum absolute atomic E-state index is 0.0622. The molecule has 0 radical (unpaired) electrons. The Morgan fingerprint density at radius 2 is 1.47 bits per heavy atom. The van der Waals surface area contributed by atoms with Gasteiger partial charge in [-0.2, -0.15) is 0 Å². The first-order valence-corrected chi connectivity index (χ1v) is 10.7. The molecule has 4 nitrogen and oxygen atoms in total. The summed E-state index contributed by atoms with van der Waals surface area (Å²) < 4.78 is 17.4. The van der Waals surface area contributed by atoms with E-state index in [0.717, 1.165) is 34.8 Å². The number of allylic oxidation sites excluding steroid dienone is 1. The third-order valence-corrected chi connectivity index (χ3v) is 4.48.